The molecule has 0 bridgehead atoms. The van der Waals surface area contributed by atoms with Gasteiger partial charge < -0.3 is 0 Å². The van der Waals surface area contributed by atoms with Crippen molar-refractivity contribution in [3.8, 4) is 11.1 Å². The van der Waals surface area contributed by atoms with E-state index in [0.29, 0.717) is 0 Å². The van der Waals surface area contributed by atoms with Crippen LogP contribution in [-0.2, 0) is 5.41 Å². The summed E-state index contributed by atoms with van der Waals surface area (Å²) in [7, 11) is -1.90. The Labute approximate surface area is 204 Å². The highest BCUT2D eigenvalue weighted by Crippen LogP contribution is 2.56. The predicted octanol–water partition coefficient (Wildman–Crippen LogP) is 7.10. The van der Waals surface area contributed by atoms with Gasteiger partial charge in [0.05, 0.1) is 5.41 Å². The molecular weight excluding hydrogens is 480 g/mol. The van der Waals surface area contributed by atoms with Crippen LogP contribution in [-0.4, -0.2) is 8.07 Å². The number of hydrogen-bond acceptors (Lipinski definition) is 0. The molecule has 0 saturated heterocycles. The minimum Gasteiger partial charge on any atom is -0.0623 e. The molecule has 1 spiro atoms. The zero-order valence-electron chi connectivity index (χ0n) is 18.7. The van der Waals surface area contributed by atoms with Crippen molar-refractivity contribution in [1.29, 1.82) is 0 Å². The molecule has 0 N–H and O–H groups in total. The van der Waals surface area contributed by atoms with Crippen molar-refractivity contribution in [3.63, 3.8) is 0 Å². The lowest BCUT2D eigenvalue weighted by atomic mass is 9.59. The molecule has 2 heteroatoms. The second-order valence-electron chi connectivity index (χ2n) is 9.87. The highest BCUT2D eigenvalue weighted by Gasteiger charge is 2.52. The largest absolute Gasteiger partial charge is 0.113 e. The molecule has 0 nitrogen and oxygen atoms in total. The molecule has 33 heavy (non-hydrogen) atoms. The molecule has 1 unspecified atom stereocenters. The van der Waals surface area contributed by atoms with E-state index in [9.17, 15) is 0 Å². The van der Waals surface area contributed by atoms with Crippen molar-refractivity contribution in [2.24, 2.45) is 0 Å². The molecule has 1 heterocycles. The Kier molecular flexibility index (Phi) is 3.88. The molecule has 7 rings (SSSR count). The van der Waals surface area contributed by atoms with E-state index in [1.54, 1.807) is 5.19 Å². The number of rotatable bonds is 0. The summed E-state index contributed by atoms with van der Waals surface area (Å²) in [5.74, 6) is 0. The second kappa shape index (κ2) is 6.56. The van der Waals surface area contributed by atoms with E-state index in [1.165, 1.54) is 53.8 Å². The first kappa shape index (κ1) is 19.5. The van der Waals surface area contributed by atoms with Crippen molar-refractivity contribution in [2.45, 2.75) is 18.5 Å². The first-order valence-electron chi connectivity index (χ1n) is 11.6. The van der Waals surface area contributed by atoms with Gasteiger partial charge in [-0.2, -0.15) is 0 Å². The highest BCUT2D eigenvalue weighted by molar-refractivity contribution is 9.10. The van der Waals surface area contributed by atoms with Crippen LogP contribution in [0.1, 0.15) is 22.3 Å². The summed E-state index contributed by atoms with van der Waals surface area (Å²) in [6.07, 6.45) is 0. The maximum atomic E-state index is 3.80. The Bertz CT molecular complexity index is 1610. The van der Waals surface area contributed by atoms with Crippen LogP contribution < -0.4 is 10.4 Å². The molecule has 158 valence electrons. The van der Waals surface area contributed by atoms with E-state index in [4.69, 9.17) is 0 Å². The molecule has 5 aromatic carbocycles. The number of fused-ring (bicyclic) bond motifs is 8. The van der Waals surface area contributed by atoms with Crippen molar-refractivity contribution < 1.29 is 0 Å². The van der Waals surface area contributed by atoms with E-state index >= 15 is 0 Å². The Morgan fingerprint density at radius 2 is 1.21 bits per heavy atom. The van der Waals surface area contributed by atoms with Crippen molar-refractivity contribution in [2.75, 3.05) is 0 Å². The van der Waals surface area contributed by atoms with Gasteiger partial charge in [0.25, 0.3) is 0 Å². The molecule has 0 aromatic heterocycles. The lowest BCUT2D eigenvalue weighted by Gasteiger charge is -2.50. The van der Waals surface area contributed by atoms with Crippen LogP contribution in [0.4, 0.5) is 0 Å². The van der Waals surface area contributed by atoms with Gasteiger partial charge in [-0.3, -0.25) is 0 Å². The van der Waals surface area contributed by atoms with Gasteiger partial charge in [0.1, 0.15) is 8.07 Å². The fourth-order valence-electron chi connectivity index (χ4n) is 6.65. The molecular formula is C31H23BrSi. The quantitative estimate of drug-likeness (QED) is 0.194. The third-order valence-electron chi connectivity index (χ3n) is 7.99. The summed E-state index contributed by atoms with van der Waals surface area (Å²) in [6.45, 7) is 5.01. The molecule has 0 saturated carbocycles. The van der Waals surface area contributed by atoms with Crippen LogP contribution in [0, 0.1) is 0 Å². The van der Waals surface area contributed by atoms with Gasteiger partial charge in [0.2, 0.25) is 0 Å². The van der Waals surface area contributed by atoms with Gasteiger partial charge in [-0.1, -0.05) is 120 Å². The average Bonchev–Trinajstić information content (AvgIpc) is 2.85. The summed E-state index contributed by atoms with van der Waals surface area (Å²) < 4.78 is 1.17. The van der Waals surface area contributed by atoms with E-state index in [0.717, 1.165) is 0 Å². The summed E-state index contributed by atoms with van der Waals surface area (Å²) in [5.41, 5.74) is 8.11. The minimum absolute atomic E-state index is 0.320. The average molecular weight is 504 g/mol. The molecule has 1 aliphatic carbocycles. The van der Waals surface area contributed by atoms with Crippen LogP contribution in [0.15, 0.2) is 108 Å². The van der Waals surface area contributed by atoms with Crippen LogP contribution in [0.2, 0.25) is 13.1 Å². The fraction of sp³-hybridized carbons (Fsp3) is 0.0968. The molecule has 1 aliphatic heterocycles. The van der Waals surface area contributed by atoms with E-state index in [2.05, 4.69) is 132 Å². The SMILES string of the molecule is C[Si]1(C)c2ccccc2C2(c3ccccc3-c3cccc4cccc2c34)c2ccc(Br)cc21. The monoisotopic (exact) mass is 502 g/mol. The number of benzene rings is 5. The predicted molar refractivity (Wildman–Crippen MR) is 146 cm³/mol. The van der Waals surface area contributed by atoms with E-state index < -0.39 is 8.07 Å². The standard InChI is InChI=1S/C31H23BrSi/c1-33(2)28-16-6-5-14-25(28)31(26-18-17-21(32)19-29(26)33)24-13-4-3-11-22(24)23-12-7-9-20-10-8-15-27(31)30(20)23/h3-19H,1-2H3. The Morgan fingerprint density at radius 3 is 2.06 bits per heavy atom. The topological polar surface area (TPSA) is 0 Å². The van der Waals surface area contributed by atoms with Gasteiger partial charge in [-0.05, 0) is 66.7 Å². The van der Waals surface area contributed by atoms with Gasteiger partial charge in [-0.15, -0.1) is 0 Å². The molecule has 0 fully saturated rings. The van der Waals surface area contributed by atoms with Crippen molar-refractivity contribution >= 4 is 45.1 Å². The van der Waals surface area contributed by atoms with Gasteiger partial charge in [0, 0.05) is 4.47 Å². The van der Waals surface area contributed by atoms with Crippen LogP contribution in [0.5, 0.6) is 0 Å². The Hall–Kier alpha value is -2.94. The Balaban J connectivity index is 1.80. The van der Waals surface area contributed by atoms with Gasteiger partial charge >= 0.3 is 0 Å². The smallest absolute Gasteiger partial charge is 0.0623 e. The highest BCUT2D eigenvalue weighted by atomic mass is 79.9. The van der Waals surface area contributed by atoms with Crippen LogP contribution in [0.25, 0.3) is 21.9 Å². The minimum atomic E-state index is -1.90. The van der Waals surface area contributed by atoms with Crippen LogP contribution in [0.3, 0.4) is 0 Å². The maximum absolute atomic E-state index is 3.80. The first-order valence-corrected chi connectivity index (χ1v) is 15.4. The van der Waals surface area contributed by atoms with Crippen LogP contribution >= 0.6 is 15.9 Å². The summed E-state index contributed by atoms with van der Waals surface area (Å²) in [4.78, 5) is 0. The molecule has 0 amide bonds. The summed E-state index contributed by atoms with van der Waals surface area (Å²) in [5, 5.41) is 5.78. The fourth-order valence-corrected chi connectivity index (χ4v) is 10.4. The van der Waals surface area contributed by atoms with Gasteiger partial charge in [0.15, 0.2) is 0 Å². The first-order chi connectivity index (χ1) is 16.0. The normalized spacial score (nSPS) is 19.1. The molecule has 0 radical (unpaired) electrons. The lowest BCUT2D eigenvalue weighted by Crippen LogP contribution is -2.63. The molecule has 1 atom stereocenters. The van der Waals surface area contributed by atoms with Crippen molar-refractivity contribution in [1.82, 2.24) is 0 Å². The van der Waals surface area contributed by atoms with Gasteiger partial charge in [-0.25, -0.2) is 0 Å². The zero-order chi connectivity index (χ0) is 22.4. The molecule has 5 aromatic rings. The third-order valence-corrected chi connectivity index (χ3v) is 12.0. The van der Waals surface area contributed by atoms with E-state index in [-0.39, 0.29) is 5.41 Å². The molecule has 2 aliphatic rings. The lowest BCUT2D eigenvalue weighted by molar-refractivity contribution is 0.754. The number of hydrogen-bond donors (Lipinski definition) is 0. The Morgan fingerprint density at radius 1 is 0.576 bits per heavy atom. The number of halogens is 1. The van der Waals surface area contributed by atoms with Crippen molar-refractivity contribution in [3.05, 3.63) is 130 Å². The summed E-state index contributed by atoms with van der Waals surface area (Å²) >= 11 is 3.80. The zero-order valence-corrected chi connectivity index (χ0v) is 21.3. The van der Waals surface area contributed by atoms with E-state index in [1.807, 2.05) is 0 Å². The third kappa shape index (κ3) is 2.31. The second-order valence-corrected chi connectivity index (χ2v) is 15.1. The summed E-state index contributed by atoms with van der Waals surface area (Å²) in [6, 6.07) is 39.0. The maximum Gasteiger partial charge on any atom is 0.113 e.